The highest BCUT2D eigenvalue weighted by Gasteiger charge is 2.42. The first kappa shape index (κ1) is 9.07. The molecule has 3 rings (SSSR count). The molecule has 1 aromatic rings. The van der Waals surface area contributed by atoms with Crippen LogP contribution in [0.5, 0.6) is 0 Å². The van der Waals surface area contributed by atoms with E-state index in [4.69, 9.17) is 4.52 Å². The maximum Gasteiger partial charge on any atom is 0.293 e. The third-order valence-corrected chi connectivity index (χ3v) is 3.81. The van der Waals surface area contributed by atoms with Crippen molar-refractivity contribution in [1.29, 1.82) is 0 Å². The number of hydrogen-bond donors (Lipinski definition) is 0. The predicted octanol–water partition coefficient (Wildman–Crippen LogP) is 2.18. The first-order valence-corrected chi connectivity index (χ1v) is 5.58. The second-order valence-corrected chi connectivity index (χ2v) is 4.80. The summed E-state index contributed by atoms with van der Waals surface area (Å²) in [5.74, 6) is 2.81. The molecule has 2 aliphatic rings. The van der Waals surface area contributed by atoms with E-state index in [0.717, 1.165) is 17.7 Å². The fraction of sp³-hybridized carbons (Fsp3) is 0.727. The van der Waals surface area contributed by atoms with Gasteiger partial charge < -0.3 is 4.52 Å². The number of fused-ring (bicyclic) bond motifs is 2. The van der Waals surface area contributed by atoms with Crippen LogP contribution in [0.1, 0.15) is 55.0 Å². The first-order valence-electron chi connectivity index (χ1n) is 5.58. The summed E-state index contributed by atoms with van der Waals surface area (Å²) in [5, 5.41) is 3.93. The summed E-state index contributed by atoms with van der Waals surface area (Å²) >= 11 is 0. The van der Waals surface area contributed by atoms with Gasteiger partial charge in [-0.3, -0.25) is 4.79 Å². The van der Waals surface area contributed by atoms with E-state index in [1.807, 2.05) is 0 Å². The number of ketones is 1. The zero-order valence-electron chi connectivity index (χ0n) is 8.77. The molecule has 4 nitrogen and oxygen atoms in total. The Balaban J connectivity index is 1.84. The van der Waals surface area contributed by atoms with Crippen molar-refractivity contribution in [3.05, 3.63) is 11.7 Å². The standard InChI is InChI=1S/C11H14N2O2/c1-6(14)11-12-10(13-15-11)9-5-7-2-3-8(9)4-7/h7-9H,2-5H2,1H3. The summed E-state index contributed by atoms with van der Waals surface area (Å²) in [6, 6.07) is 0. The highest BCUT2D eigenvalue weighted by Crippen LogP contribution is 2.52. The lowest BCUT2D eigenvalue weighted by Gasteiger charge is -2.17. The lowest BCUT2D eigenvalue weighted by Crippen LogP contribution is -2.10. The normalized spacial score (nSPS) is 33.5. The van der Waals surface area contributed by atoms with Gasteiger partial charge in [0.1, 0.15) is 0 Å². The van der Waals surface area contributed by atoms with Crippen LogP contribution in [0.15, 0.2) is 4.52 Å². The van der Waals surface area contributed by atoms with Crippen LogP contribution in [0, 0.1) is 11.8 Å². The zero-order valence-corrected chi connectivity index (χ0v) is 8.77. The number of carbonyl (C=O) groups excluding carboxylic acids is 1. The molecule has 3 unspecified atom stereocenters. The van der Waals surface area contributed by atoms with E-state index in [2.05, 4.69) is 10.1 Å². The summed E-state index contributed by atoms with van der Waals surface area (Å²) in [7, 11) is 0. The fourth-order valence-electron chi connectivity index (χ4n) is 3.09. The molecule has 2 fully saturated rings. The molecule has 2 saturated carbocycles. The molecule has 0 N–H and O–H groups in total. The maximum absolute atomic E-state index is 11.0. The van der Waals surface area contributed by atoms with E-state index in [1.165, 1.54) is 32.6 Å². The van der Waals surface area contributed by atoms with Crippen molar-refractivity contribution in [3.63, 3.8) is 0 Å². The van der Waals surface area contributed by atoms with Crippen LogP contribution < -0.4 is 0 Å². The molecule has 2 bridgehead atoms. The third-order valence-electron chi connectivity index (χ3n) is 3.81. The van der Waals surface area contributed by atoms with E-state index < -0.39 is 0 Å². The minimum absolute atomic E-state index is 0.142. The SMILES string of the molecule is CC(=O)c1nc(C2CC3CCC2C3)no1. The van der Waals surface area contributed by atoms with Gasteiger partial charge in [-0.1, -0.05) is 11.6 Å². The minimum atomic E-state index is -0.142. The van der Waals surface area contributed by atoms with Crippen LogP contribution in [0.25, 0.3) is 0 Å². The van der Waals surface area contributed by atoms with Crippen LogP contribution in [-0.2, 0) is 0 Å². The molecule has 0 saturated heterocycles. The van der Waals surface area contributed by atoms with Gasteiger partial charge in [0, 0.05) is 12.8 Å². The Bertz CT molecular complexity index is 399. The average Bonchev–Trinajstić information content (AvgIpc) is 2.93. The van der Waals surface area contributed by atoms with Crippen molar-refractivity contribution < 1.29 is 9.32 Å². The molecule has 0 spiro atoms. The van der Waals surface area contributed by atoms with Gasteiger partial charge in [0.05, 0.1) is 0 Å². The van der Waals surface area contributed by atoms with Crippen molar-refractivity contribution in [2.24, 2.45) is 11.8 Å². The van der Waals surface area contributed by atoms with Crippen molar-refractivity contribution in [2.45, 2.75) is 38.5 Å². The summed E-state index contributed by atoms with van der Waals surface area (Å²) in [5.41, 5.74) is 0. The second-order valence-electron chi connectivity index (χ2n) is 4.80. The first-order chi connectivity index (χ1) is 7.24. The Labute approximate surface area is 88.1 Å². The van der Waals surface area contributed by atoms with Crippen LogP contribution in [-0.4, -0.2) is 15.9 Å². The average molecular weight is 206 g/mol. The lowest BCUT2D eigenvalue weighted by atomic mass is 9.88. The van der Waals surface area contributed by atoms with Gasteiger partial charge in [0.25, 0.3) is 5.89 Å². The van der Waals surface area contributed by atoms with Crippen LogP contribution in [0.3, 0.4) is 0 Å². The van der Waals surface area contributed by atoms with Crippen molar-refractivity contribution >= 4 is 5.78 Å². The largest absolute Gasteiger partial charge is 0.331 e. The molecule has 0 aliphatic heterocycles. The number of rotatable bonds is 2. The summed E-state index contributed by atoms with van der Waals surface area (Å²) < 4.78 is 4.94. The molecule has 15 heavy (non-hydrogen) atoms. The number of carbonyl (C=O) groups is 1. The number of hydrogen-bond acceptors (Lipinski definition) is 4. The van der Waals surface area contributed by atoms with E-state index in [1.54, 1.807) is 0 Å². The van der Waals surface area contributed by atoms with E-state index in [9.17, 15) is 4.79 Å². The summed E-state index contributed by atoms with van der Waals surface area (Å²) in [4.78, 5) is 15.2. The Morgan fingerprint density at radius 2 is 2.27 bits per heavy atom. The topological polar surface area (TPSA) is 56.0 Å². The summed E-state index contributed by atoms with van der Waals surface area (Å²) in [6.07, 6.45) is 5.15. The Kier molecular flexibility index (Phi) is 1.90. The van der Waals surface area contributed by atoms with Crippen LogP contribution >= 0.6 is 0 Å². The van der Waals surface area contributed by atoms with Gasteiger partial charge in [0.2, 0.25) is 5.78 Å². The molecule has 0 aromatic carbocycles. The monoisotopic (exact) mass is 206 g/mol. The van der Waals surface area contributed by atoms with Gasteiger partial charge in [-0.2, -0.15) is 4.98 Å². The molecular formula is C11H14N2O2. The predicted molar refractivity (Wildman–Crippen MR) is 52.5 cm³/mol. The van der Waals surface area contributed by atoms with Crippen molar-refractivity contribution in [1.82, 2.24) is 10.1 Å². The van der Waals surface area contributed by atoms with Gasteiger partial charge in [-0.05, 0) is 31.1 Å². The van der Waals surface area contributed by atoms with Crippen molar-refractivity contribution in [3.8, 4) is 0 Å². The molecule has 2 aliphatic carbocycles. The van der Waals surface area contributed by atoms with Gasteiger partial charge >= 0.3 is 0 Å². The minimum Gasteiger partial charge on any atom is -0.331 e. The molecule has 0 radical (unpaired) electrons. The maximum atomic E-state index is 11.0. The molecule has 80 valence electrons. The Morgan fingerprint density at radius 3 is 2.80 bits per heavy atom. The zero-order chi connectivity index (χ0) is 10.4. The molecule has 1 heterocycles. The molecule has 3 atom stereocenters. The van der Waals surface area contributed by atoms with Gasteiger partial charge in [-0.25, -0.2) is 0 Å². The molecular weight excluding hydrogens is 192 g/mol. The van der Waals surface area contributed by atoms with Gasteiger partial charge in [0.15, 0.2) is 5.82 Å². The lowest BCUT2D eigenvalue weighted by molar-refractivity contribution is 0.0972. The van der Waals surface area contributed by atoms with E-state index in [0.29, 0.717) is 5.92 Å². The smallest absolute Gasteiger partial charge is 0.293 e. The summed E-state index contributed by atoms with van der Waals surface area (Å²) in [6.45, 7) is 1.46. The van der Waals surface area contributed by atoms with E-state index >= 15 is 0 Å². The molecule has 4 heteroatoms. The third kappa shape index (κ3) is 1.39. The number of aromatic nitrogens is 2. The number of Topliss-reactive ketones (excluding diaryl/α,β-unsaturated/α-hetero) is 1. The fourth-order valence-corrected chi connectivity index (χ4v) is 3.09. The quantitative estimate of drug-likeness (QED) is 0.696. The number of nitrogens with zero attached hydrogens (tertiary/aromatic N) is 2. The van der Waals surface area contributed by atoms with Gasteiger partial charge in [-0.15, -0.1) is 0 Å². The Morgan fingerprint density at radius 1 is 1.40 bits per heavy atom. The Hall–Kier alpha value is -1.19. The second kappa shape index (κ2) is 3.15. The highest BCUT2D eigenvalue weighted by molar-refractivity contribution is 5.89. The van der Waals surface area contributed by atoms with Crippen molar-refractivity contribution in [2.75, 3.05) is 0 Å². The van der Waals surface area contributed by atoms with Crippen LogP contribution in [0.2, 0.25) is 0 Å². The van der Waals surface area contributed by atoms with Crippen LogP contribution in [0.4, 0.5) is 0 Å². The molecule has 1 aromatic heterocycles. The highest BCUT2D eigenvalue weighted by atomic mass is 16.5. The molecule has 0 amide bonds. The van der Waals surface area contributed by atoms with E-state index in [-0.39, 0.29) is 11.7 Å².